The molecule has 98 valence electrons. The molecule has 0 saturated heterocycles. The molecule has 5 heteroatoms. The van der Waals surface area contributed by atoms with Gasteiger partial charge in [-0.05, 0) is 30.7 Å². The number of Topliss-reactive ketones (excluding diaryl/α,β-unsaturated/α-hetero) is 1. The first-order valence-electron chi connectivity index (χ1n) is 6.24. The van der Waals surface area contributed by atoms with Gasteiger partial charge in [0.15, 0.2) is 5.78 Å². The van der Waals surface area contributed by atoms with Crippen molar-refractivity contribution in [1.29, 1.82) is 0 Å². The highest BCUT2D eigenvalue weighted by molar-refractivity contribution is 7.12. The molecule has 2 heterocycles. The monoisotopic (exact) mass is 275 g/mol. The van der Waals surface area contributed by atoms with Crippen LogP contribution in [0.2, 0.25) is 0 Å². The van der Waals surface area contributed by atoms with E-state index in [0.29, 0.717) is 16.9 Å². The zero-order valence-corrected chi connectivity index (χ0v) is 11.2. The van der Waals surface area contributed by atoms with E-state index in [1.165, 1.54) is 11.3 Å². The summed E-state index contributed by atoms with van der Waals surface area (Å²) in [5.74, 6) is -0.715. The van der Waals surface area contributed by atoms with Crippen LogP contribution >= 0.6 is 11.3 Å². The first-order chi connectivity index (χ1) is 9.09. The van der Waals surface area contributed by atoms with Crippen molar-refractivity contribution < 1.29 is 14.4 Å². The van der Waals surface area contributed by atoms with E-state index in [-0.39, 0.29) is 24.0 Å². The fourth-order valence-electron chi connectivity index (χ4n) is 2.69. The van der Waals surface area contributed by atoms with Crippen molar-refractivity contribution in [3.63, 3.8) is 0 Å². The van der Waals surface area contributed by atoms with Gasteiger partial charge in [0.25, 0.3) is 11.8 Å². The Morgan fingerprint density at radius 3 is 2.79 bits per heavy atom. The van der Waals surface area contributed by atoms with Crippen molar-refractivity contribution in [2.75, 3.05) is 0 Å². The molecule has 1 fully saturated rings. The molecule has 1 saturated carbocycles. The Hall–Kier alpha value is -1.75. The quantitative estimate of drug-likeness (QED) is 0.449. The number of carbonyl (C=O) groups is 3. The minimum Gasteiger partial charge on any atom is -0.297 e. The lowest BCUT2D eigenvalue weighted by Gasteiger charge is -2.23. The average Bonchev–Trinajstić information content (AvgIpc) is 2.87. The maximum atomic E-state index is 12.2. The van der Waals surface area contributed by atoms with Crippen molar-refractivity contribution in [2.24, 2.45) is 0 Å². The van der Waals surface area contributed by atoms with Crippen molar-refractivity contribution in [3.8, 4) is 0 Å². The van der Waals surface area contributed by atoms with E-state index < -0.39 is 6.04 Å². The third kappa shape index (κ3) is 1.85. The van der Waals surface area contributed by atoms with Crippen molar-refractivity contribution in [2.45, 2.75) is 31.7 Å². The summed E-state index contributed by atoms with van der Waals surface area (Å²) in [6.07, 6.45) is 2.40. The molecule has 19 heavy (non-hydrogen) atoms. The highest BCUT2D eigenvalue weighted by atomic mass is 32.1. The second-order valence-corrected chi connectivity index (χ2v) is 5.86. The Bertz CT molecular complexity index is 571. The molecule has 1 aliphatic heterocycles. The van der Waals surface area contributed by atoms with Gasteiger partial charge in [-0.1, -0.05) is 12.2 Å². The van der Waals surface area contributed by atoms with Crippen LogP contribution < -0.4 is 0 Å². The summed E-state index contributed by atoms with van der Waals surface area (Å²) in [6.45, 7) is 3.85. The molecule has 4 nitrogen and oxygen atoms in total. The van der Waals surface area contributed by atoms with Gasteiger partial charge in [-0.2, -0.15) is 0 Å². The molecule has 1 atom stereocenters. The summed E-state index contributed by atoms with van der Waals surface area (Å²) in [6, 6.07) is 1.04. The number of thiophene rings is 1. The minimum absolute atomic E-state index is 0.0700. The molecule has 1 aromatic rings. The molecule has 3 rings (SSSR count). The largest absolute Gasteiger partial charge is 0.297 e. The van der Waals surface area contributed by atoms with E-state index in [4.69, 9.17) is 0 Å². The number of hydrogen-bond donors (Lipinski definition) is 0. The second kappa shape index (κ2) is 4.42. The Morgan fingerprint density at radius 1 is 1.26 bits per heavy atom. The summed E-state index contributed by atoms with van der Waals surface area (Å²) in [7, 11) is 0. The smallest absolute Gasteiger partial charge is 0.272 e. The van der Waals surface area contributed by atoms with Gasteiger partial charge in [-0.15, -0.1) is 11.3 Å². The highest BCUT2D eigenvalue weighted by Crippen LogP contribution is 2.32. The number of amides is 2. The Kier molecular flexibility index (Phi) is 2.86. The molecule has 1 aliphatic carbocycles. The van der Waals surface area contributed by atoms with Gasteiger partial charge in [0.1, 0.15) is 4.88 Å². The predicted octanol–water partition coefficient (Wildman–Crippen LogP) is 2.41. The number of nitrogens with zero attached hydrogens (tertiary/aromatic N) is 1. The summed E-state index contributed by atoms with van der Waals surface area (Å²) < 4.78 is 0. The molecule has 0 aromatic carbocycles. The molecule has 0 radical (unpaired) electrons. The molecular weight excluding hydrogens is 262 g/mol. The van der Waals surface area contributed by atoms with Crippen LogP contribution in [0.1, 0.15) is 45.7 Å². The number of ketones is 1. The highest BCUT2D eigenvalue weighted by Gasteiger charge is 2.43. The molecular formula is C14H13NO3S. The lowest BCUT2D eigenvalue weighted by molar-refractivity contribution is -0.122. The van der Waals surface area contributed by atoms with Crippen LogP contribution in [0, 0.1) is 0 Å². The van der Waals surface area contributed by atoms with Crippen molar-refractivity contribution in [3.05, 3.63) is 34.0 Å². The molecule has 0 bridgehead atoms. The fraction of sp³-hybridized carbons (Fsp3) is 0.357. The molecule has 2 amide bonds. The van der Waals surface area contributed by atoms with Crippen LogP contribution in [0.25, 0.3) is 0 Å². The normalized spacial score (nSPS) is 23.8. The number of hydrogen-bond acceptors (Lipinski definition) is 4. The fourth-order valence-corrected chi connectivity index (χ4v) is 3.51. The summed E-state index contributed by atoms with van der Waals surface area (Å²) in [5, 5.41) is 1.73. The number of allylic oxidation sites excluding steroid dienone is 1. The van der Waals surface area contributed by atoms with Gasteiger partial charge in [0.2, 0.25) is 0 Å². The number of fused-ring (bicyclic) bond motifs is 1. The Balaban J connectivity index is 1.93. The van der Waals surface area contributed by atoms with E-state index in [9.17, 15) is 14.4 Å². The van der Waals surface area contributed by atoms with Crippen LogP contribution in [0.5, 0.6) is 0 Å². The molecule has 0 N–H and O–H groups in total. The number of imide groups is 1. The first-order valence-corrected chi connectivity index (χ1v) is 7.12. The lowest BCUT2D eigenvalue weighted by Crippen LogP contribution is -2.44. The van der Waals surface area contributed by atoms with E-state index in [2.05, 4.69) is 6.58 Å². The van der Waals surface area contributed by atoms with Gasteiger partial charge in [0.05, 0.1) is 11.6 Å². The van der Waals surface area contributed by atoms with Gasteiger partial charge >= 0.3 is 0 Å². The van der Waals surface area contributed by atoms with Gasteiger partial charge in [0, 0.05) is 6.42 Å². The van der Waals surface area contributed by atoms with Crippen molar-refractivity contribution >= 4 is 28.9 Å². The average molecular weight is 275 g/mol. The van der Waals surface area contributed by atoms with E-state index >= 15 is 0 Å². The van der Waals surface area contributed by atoms with Crippen LogP contribution in [0.3, 0.4) is 0 Å². The lowest BCUT2D eigenvalue weighted by atomic mass is 10.1. The van der Waals surface area contributed by atoms with Crippen molar-refractivity contribution in [1.82, 2.24) is 4.90 Å². The first kappa shape index (κ1) is 12.3. The van der Waals surface area contributed by atoms with Gasteiger partial charge < -0.3 is 0 Å². The molecule has 0 spiro atoms. The van der Waals surface area contributed by atoms with E-state index in [1.54, 1.807) is 11.4 Å². The summed E-state index contributed by atoms with van der Waals surface area (Å²) in [4.78, 5) is 38.3. The third-order valence-corrected chi connectivity index (χ3v) is 4.55. The number of rotatable bonds is 1. The van der Waals surface area contributed by atoms with E-state index in [0.717, 1.165) is 23.3 Å². The van der Waals surface area contributed by atoms with Crippen LogP contribution in [-0.4, -0.2) is 28.5 Å². The number of carbonyl (C=O) groups excluding carboxylic acids is 3. The van der Waals surface area contributed by atoms with Gasteiger partial charge in [-0.3, -0.25) is 19.3 Å². The standard InChI is InChI=1S/C14H13NO3S/c1-8-3-2-4-10(11(16)7-8)15-13(17)9-5-6-19-12(9)14(15)18/h5-6,10H,1-4,7H2. The molecule has 1 aromatic heterocycles. The van der Waals surface area contributed by atoms with Crippen LogP contribution in [-0.2, 0) is 4.79 Å². The summed E-state index contributed by atoms with van der Waals surface area (Å²) in [5.41, 5.74) is 1.33. The maximum Gasteiger partial charge on any atom is 0.272 e. The second-order valence-electron chi connectivity index (χ2n) is 4.94. The molecule has 2 aliphatic rings. The third-order valence-electron chi connectivity index (χ3n) is 3.64. The Morgan fingerprint density at radius 2 is 2.05 bits per heavy atom. The zero-order valence-electron chi connectivity index (χ0n) is 10.3. The topological polar surface area (TPSA) is 54.5 Å². The summed E-state index contributed by atoms with van der Waals surface area (Å²) >= 11 is 1.26. The Labute approximate surface area is 114 Å². The van der Waals surface area contributed by atoms with Crippen LogP contribution in [0.4, 0.5) is 0 Å². The van der Waals surface area contributed by atoms with Gasteiger partial charge in [-0.25, -0.2) is 0 Å². The van der Waals surface area contributed by atoms with Crippen LogP contribution in [0.15, 0.2) is 23.6 Å². The van der Waals surface area contributed by atoms with E-state index in [1.807, 2.05) is 0 Å². The minimum atomic E-state index is -0.612. The molecule has 1 unspecified atom stereocenters. The predicted molar refractivity (Wildman–Crippen MR) is 71.2 cm³/mol. The maximum absolute atomic E-state index is 12.2. The zero-order chi connectivity index (χ0) is 13.6. The SMILES string of the molecule is C=C1CCCC(N2C(=O)c3ccsc3C2=O)C(=O)C1.